The first-order chi connectivity index (χ1) is 11.4. The van der Waals surface area contributed by atoms with Crippen LogP contribution in [-0.4, -0.2) is 19.7 Å². The largest absolute Gasteiger partial charge is 0.322 e. The summed E-state index contributed by atoms with van der Waals surface area (Å²) in [6.45, 7) is 0. The van der Waals surface area contributed by atoms with Crippen molar-refractivity contribution in [1.82, 2.24) is 9.97 Å². The van der Waals surface area contributed by atoms with Gasteiger partial charge < -0.3 is 5.32 Å². The number of carbonyl (C=O) groups excluding carboxylic acids is 1. The van der Waals surface area contributed by atoms with E-state index in [1.807, 2.05) is 29.6 Å². The summed E-state index contributed by atoms with van der Waals surface area (Å²) in [6, 6.07) is 12.8. The van der Waals surface area contributed by atoms with Crippen LogP contribution in [0.2, 0.25) is 0 Å². The van der Waals surface area contributed by atoms with Gasteiger partial charge in [-0.1, -0.05) is 53.0 Å². The molecule has 122 valence electrons. The average Bonchev–Trinajstić information content (AvgIpc) is 3.05. The molecule has 4 nitrogen and oxygen atoms in total. The maximum absolute atomic E-state index is 11.7. The third-order valence-corrected chi connectivity index (χ3v) is 4.44. The molecule has 1 N–H and O–H groups in total. The van der Waals surface area contributed by atoms with Gasteiger partial charge >= 0.3 is 0 Å². The normalized spacial score (nSPS) is 11.3. The maximum Gasteiger partial charge on any atom is 0.276 e. The van der Waals surface area contributed by atoms with E-state index < -0.39 is 9.70 Å². The Kier molecular flexibility index (Phi) is 5.06. The molecule has 2 aromatic heterocycles. The van der Waals surface area contributed by atoms with E-state index in [1.165, 1.54) is 11.3 Å². The lowest BCUT2D eigenvalue weighted by Crippen LogP contribution is -2.26. The summed E-state index contributed by atoms with van der Waals surface area (Å²) in [5.41, 5.74) is 2.96. The van der Waals surface area contributed by atoms with Crippen LogP contribution >= 0.6 is 46.1 Å². The van der Waals surface area contributed by atoms with Gasteiger partial charge in [0.05, 0.1) is 11.4 Å². The van der Waals surface area contributed by atoms with Crippen LogP contribution in [0.4, 0.5) is 5.69 Å². The summed E-state index contributed by atoms with van der Waals surface area (Å²) in [5, 5.41) is 5.31. The fourth-order valence-electron chi connectivity index (χ4n) is 1.97. The van der Waals surface area contributed by atoms with Gasteiger partial charge in [-0.25, -0.2) is 4.98 Å². The molecule has 0 aliphatic heterocycles. The molecule has 0 aliphatic carbocycles. The molecule has 3 aromatic rings. The SMILES string of the molecule is O=C(Nc1cccc(-c2csc(-c3ccccn3)n2)c1)C(Cl)(Cl)Cl. The number of pyridine rings is 1. The molecule has 0 atom stereocenters. The third kappa shape index (κ3) is 4.05. The molecule has 0 unspecified atom stereocenters. The van der Waals surface area contributed by atoms with Gasteiger partial charge in [0, 0.05) is 22.8 Å². The number of thiazole rings is 1. The van der Waals surface area contributed by atoms with E-state index in [2.05, 4.69) is 15.3 Å². The summed E-state index contributed by atoms with van der Waals surface area (Å²) in [5.74, 6) is -0.711. The van der Waals surface area contributed by atoms with Crippen LogP contribution < -0.4 is 5.32 Å². The fraction of sp³-hybridized carbons (Fsp3) is 0.0625. The molecule has 24 heavy (non-hydrogen) atoms. The van der Waals surface area contributed by atoms with Crippen LogP contribution in [0.15, 0.2) is 54.0 Å². The Hall–Kier alpha value is -1.66. The highest BCUT2D eigenvalue weighted by Gasteiger charge is 2.30. The van der Waals surface area contributed by atoms with Crippen LogP contribution in [0.5, 0.6) is 0 Å². The Morgan fingerprint density at radius 2 is 1.92 bits per heavy atom. The van der Waals surface area contributed by atoms with E-state index in [0.717, 1.165) is 22.0 Å². The number of hydrogen-bond acceptors (Lipinski definition) is 4. The lowest BCUT2D eigenvalue weighted by atomic mass is 10.1. The van der Waals surface area contributed by atoms with Gasteiger partial charge in [-0.3, -0.25) is 9.78 Å². The number of nitrogens with zero attached hydrogens (tertiary/aromatic N) is 2. The lowest BCUT2D eigenvalue weighted by Gasteiger charge is -2.11. The second-order valence-corrected chi connectivity index (χ2v) is 7.92. The second-order valence-electron chi connectivity index (χ2n) is 4.79. The molecule has 0 saturated heterocycles. The Balaban J connectivity index is 1.85. The van der Waals surface area contributed by atoms with E-state index in [-0.39, 0.29) is 0 Å². The van der Waals surface area contributed by atoms with Gasteiger partial charge in [-0.15, -0.1) is 11.3 Å². The summed E-state index contributed by atoms with van der Waals surface area (Å²) >= 11 is 18.2. The Morgan fingerprint density at radius 3 is 2.62 bits per heavy atom. The molecular weight excluding hydrogens is 389 g/mol. The molecule has 1 amide bonds. The number of hydrogen-bond donors (Lipinski definition) is 1. The van der Waals surface area contributed by atoms with Crippen LogP contribution in [0.3, 0.4) is 0 Å². The molecule has 0 fully saturated rings. The Bertz CT molecular complexity index is 862. The number of aromatic nitrogens is 2. The lowest BCUT2D eigenvalue weighted by molar-refractivity contribution is -0.115. The highest BCUT2D eigenvalue weighted by molar-refractivity contribution is 7.13. The number of rotatable bonds is 3. The van der Waals surface area contributed by atoms with Crippen molar-refractivity contribution in [2.75, 3.05) is 5.32 Å². The topological polar surface area (TPSA) is 54.9 Å². The number of carbonyl (C=O) groups is 1. The highest BCUT2D eigenvalue weighted by Crippen LogP contribution is 2.31. The number of amides is 1. The number of halogens is 3. The van der Waals surface area contributed by atoms with Crippen molar-refractivity contribution < 1.29 is 4.79 Å². The Labute approximate surface area is 157 Å². The first-order valence-corrected chi connectivity index (χ1v) is 8.80. The first-order valence-electron chi connectivity index (χ1n) is 6.79. The zero-order chi connectivity index (χ0) is 17.2. The summed E-state index contributed by atoms with van der Waals surface area (Å²) in [6.07, 6.45) is 1.73. The quantitative estimate of drug-likeness (QED) is 0.618. The second kappa shape index (κ2) is 7.07. The molecule has 0 bridgehead atoms. The zero-order valence-electron chi connectivity index (χ0n) is 12.0. The van der Waals surface area contributed by atoms with Gasteiger partial charge in [-0.2, -0.15) is 0 Å². The van der Waals surface area contributed by atoms with Gasteiger partial charge in [0.25, 0.3) is 9.70 Å². The molecule has 0 radical (unpaired) electrons. The van der Waals surface area contributed by atoms with Crippen molar-refractivity contribution in [3.8, 4) is 22.0 Å². The number of anilines is 1. The van der Waals surface area contributed by atoms with Gasteiger partial charge in [0.15, 0.2) is 0 Å². The number of nitrogens with one attached hydrogen (secondary N) is 1. The number of alkyl halides is 3. The van der Waals surface area contributed by atoms with Crippen molar-refractivity contribution in [3.05, 3.63) is 54.0 Å². The van der Waals surface area contributed by atoms with Crippen LogP contribution in [-0.2, 0) is 4.79 Å². The van der Waals surface area contributed by atoms with E-state index in [1.54, 1.807) is 24.4 Å². The molecule has 8 heteroatoms. The van der Waals surface area contributed by atoms with Crippen molar-refractivity contribution >= 4 is 57.7 Å². The Morgan fingerprint density at radius 1 is 1.08 bits per heavy atom. The third-order valence-electron chi connectivity index (χ3n) is 3.06. The minimum absolute atomic E-state index is 0.524. The standard InChI is InChI=1S/C16H10Cl3N3OS/c17-16(18,19)15(23)21-11-5-3-4-10(8-11)13-9-24-14(22-13)12-6-1-2-7-20-12/h1-9H,(H,21,23). The molecular formula is C16H10Cl3N3OS. The van der Waals surface area contributed by atoms with E-state index in [4.69, 9.17) is 34.8 Å². The summed E-state index contributed by atoms with van der Waals surface area (Å²) in [7, 11) is 0. The number of benzene rings is 1. The molecule has 0 aliphatic rings. The minimum Gasteiger partial charge on any atom is -0.322 e. The fourth-order valence-corrected chi connectivity index (χ4v) is 2.92. The van der Waals surface area contributed by atoms with E-state index in [0.29, 0.717) is 5.69 Å². The molecule has 1 aromatic carbocycles. The van der Waals surface area contributed by atoms with Crippen molar-refractivity contribution in [2.24, 2.45) is 0 Å². The monoisotopic (exact) mass is 397 g/mol. The van der Waals surface area contributed by atoms with E-state index >= 15 is 0 Å². The van der Waals surface area contributed by atoms with Crippen LogP contribution in [0, 0.1) is 0 Å². The molecule has 0 saturated carbocycles. The minimum atomic E-state index is -2.01. The molecule has 2 heterocycles. The van der Waals surface area contributed by atoms with E-state index in [9.17, 15) is 4.79 Å². The van der Waals surface area contributed by atoms with Crippen molar-refractivity contribution in [2.45, 2.75) is 3.79 Å². The molecule has 3 rings (SSSR count). The highest BCUT2D eigenvalue weighted by atomic mass is 35.6. The van der Waals surface area contributed by atoms with Gasteiger partial charge in [-0.05, 0) is 24.3 Å². The van der Waals surface area contributed by atoms with Crippen molar-refractivity contribution in [1.29, 1.82) is 0 Å². The first kappa shape index (κ1) is 17.2. The van der Waals surface area contributed by atoms with Crippen LogP contribution in [0.1, 0.15) is 0 Å². The predicted molar refractivity (Wildman–Crippen MR) is 99.7 cm³/mol. The smallest absolute Gasteiger partial charge is 0.276 e. The zero-order valence-corrected chi connectivity index (χ0v) is 15.1. The predicted octanol–water partition coefficient (Wildman–Crippen LogP) is 5.18. The maximum atomic E-state index is 11.7. The molecule has 0 spiro atoms. The summed E-state index contributed by atoms with van der Waals surface area (Å²) in [4.78, 5) is 20.6. The van der Waals surface area contributed by atoms with Gasteiger partial charge in [0.2, 0.25) is 0 Å². The average molecular weight is 399 g/mol. The summed E-state index contributed by atoms with van der Waals surface area (Å²) < 4.78 is -2.01. The van der Waals surface area contributed by atoms with Crippen molar-refractivity contribution in [3.63, 3.8) is 0 Å². The van der Waals surface area contributed by atoms with Gasteiger partial charge in [0.1, 0.15) is 5.01 Å². The van der Waals surface area contributed by atoms with Crippen LogP contribution in [0.25, 0.3) is 22.0 Å².